The summed E-state index contributed by atoms with van der Waals surface area (Å²) in [5.41, 5.74) is 3.19. The Labute approximate surface area is 296 Å². The number of carbonyl (C=O) groups is 2. The van der Waals surface area contributed by atoms with E-state index in [1.807, 2.05) is 60.7 Å². The van der Waals surface area contributed by atoms with E-state index in [2.05, 4.69) is 21.9 Å². The molecule has 266 valence electrons. The molecule has 2 heterocycles. The SMILES string of the molecule is C=C1CCc2c(C)c(S(=O)(=O)NC(=N)NCCC[C@H](NC(=O)c3cccn(CC(c4ccccc4)c4ccccc4)c3=O)C(=O)O)cc(C)c2O1. The maximum Gasteiger partial charge on any atom is 0.326 e. The normalized spacial score (nSPS) is 13.1. The van der Waals surface area contributed by atoms with Gasteiger partial charge in [0.1, 0.15) is 17.4 Å². The number of rotatable bonds is 13. The summed E-state index contributed by atoms with van der Waals surface area (Å²) in [7, 11) is -4.12. The molecule has 0 radical (unpaired) electrons. The van der Waals surface area contributed by atoms with Crippen LogP contribution >= 0.6 is 0 Å². The predicted octanol–water partition coefficient (Wildman–Crippen LogP) is 4.60. The lowest BCUT2D eigenvalue weighted by molar-refractivity contribution is -0.139. The molecule has 0 unspecified atom stereocenters. The number of allylic oxidation sites excluding steroid dienone is 1. The molecular formula is C38H41N5O7S. The van der Waals surface area contributed by atoms with Gasteiger partial charge < -0.3 is 25.0 Å². The Morgan fingerprint density at radius 3 is 2.27 bits per heavy atom. The fourth-order valence-corrected chi connectivity index (χ4v) is 7.48. The van der Waals surface area contributed by atoms with Gasteiger partial charge in [-0.25, -0.2) is 17.9 Å². The third-order valence-electron chi connectivity index (χ3n) is 8.85. The molecule has 1 aliphatic rings. The number of carbonyl (C=O) groups excluding carboxylic acids is 1. The second-order valence-corrected chi connectivity index (χ2v) is 14.1. The van der Waals surface area contributed by atoms with Crippen LogP contribution in [0, 0.1) is 19.3 Å². The van der Waals surface area contributed by atoms with Crippen molar-refractivity contribution in [2.24, 2.45) is 0 Å². The van der Waals surface area contributed by atoms with Gasteiger partial charge in [-0.1, -0.05) is 67.2 Å². The van der Waals surface area contributed by atoms with Gasteiger partial charge in [-0.05, 0) is 79.1 Å². The van der Waals surface area contributed by atoms with Gasteiger partial charge in [0.2, 0.25) is 5.96 Å². The zero-order chi connectivity index (χ0) is 36.7. The number of aryl methyl sites for hydroxylation is 1. The number of nitrogens with one attached hydrogen (secondary N) is 4. The van der Waals surface area contributed by atoms with Crippen molar-refractivity contribution in [3.05, 3.63) is 141 Å². The van der Waals surface area contributed by atoms with Crippen molar-refractivity contribution in [3.8, 4) is 5.75 Å². The van der Waals surface area contributed by atoms with Gasteiger partial charge >= 0.3 is 5.97 Å². The first kappa shape index (κ1) is 36.6. The fraction of sp³-hybridized carbons (Fsp3) is 0.263. The molecule has 12 nitrogen and oxygen atoms in total. The number of carboxylic acids is 1. The number of guanidine groups is 1. The highest BCUT2D eigenvalue weighted by Crippen LogP contribution is 2.37. The quantitative estimate of drug-likeness (QED) is 0.0759. The number of amides is 1. The Kier molecular flexibility index (Phi) is 11.4. The Bertz CT molecular complexity index is 2080. The first-order valence-electron chi connectivity index (χ1n) is 16.5. The van der Waals surface area contributed by atoms with E-state index in [0.29, 0.717) is 35.5 Å². The van der Waals surface area contributed by atoms with Gasteiger partial charge in [0.15, 0.2) is 0 Å². The van der Waals surface area contributed by atoms with E-state index in [1.165, 1.54) is 16.7 Å². The molecule has 13 heteroatoms. The largest absolute Gasteiger partial charge is 0.480 e. The topological polar surface area (TPSA) is 180 Å². The van der Waals surface area contributed by atoms with Crippen molar-refractivity contribution in [2.45, 2.75) is 62.9 Å². The molecular weight excluding hydrogens is 671 g/mol. The summed E-state index contributed by atoms with van der Waals surface area (Å²) in [6.07, 6.45) is 2.88. The number of sulfonamides is 1. The van der Waals surface area contributed by atoms with E-state index in [4.69, 9.17) is 10.1 Å². The van der Waals surface area contributed by atoms with E-state index in [9.17, 15) is 27.9 Å². The molecule has 0 saturated carbocycles. The Balaban J connectivity index is 1.19. The smallest absolute Gasteiger partial charge is 0.326 e. The van der Waals surface area contributed by atoms with Gasteiger partial charge in [-0.15, -0.1) is 0 Å². The maximum absolute atomic E-state index is 13.5. The van der Waals surface area contributed by atoms with Crippen molar-refractivity contribution >= 4 is 27.9 Å². The molecule has 1 atom stereocenters. The van der Waals surface area contributed by atoms with E-state index in [0.717, 1.165) is 16.7 Å². The Morgan fingerprint density at radius 1 is 1.00 bits per heavy atom. The summed E-state index contributed by atoms with van der Waals surface area (Å²) in [6.45, 7) is 7.59. The molecule has 4 aromatic rings. The molecule has 3 aromatic carbocycles. The molecule has 0 bridgehead atoms. The van der Waals surface area contributed by atoms with Gasteiger partial charge in [0.05, 0.1) is 10.7 Å². The highest BCUT2D eigenvalue weighted by Gasteiger charge is 2.27. The van der Waals surface area contributed by atoms with E-state index < -0.39 is 39.5 Å². The van der Waals surface area contributed by atoms with Crippen molar-refractivity contribution in [1.82, 2.24) is 19.9 Å². The van der Waals surface area contributed by atoms with Crippen LogP contribution in [0.3, 0.4) is 0 Å². The average molecular weight is 712 g/mol. The number of nitrogens with zero attached hydrogens (tertiary/aromatic N) is 1. The number of aromatic nitrogens is 1. The molecule has 1 aliphatic heterocycles. The zero-order valence-electron chi connectivity index (χ0n) is 28.4. The van der Waals surface area contributed by atoms with E-state index >= 15 is 0 Å². The second kappa shape index (κ2) is 15.9. The van der Waals surface area contributed by atoms with Gasteiger partial charge in [0.25, 0.3) is 21.5 Å². The lowest BCUT2D eigenvalue weighted by atomic mass is 9.91. The van der Waals surface area contributed by atoms with Crippen molar-refractivity contribution < 1.29 is 27.9 Å². The molecule has 1 amide bonds. The maximum atomic E-state index is 13.5. The summed E-state index contributed by atoms with van der Waals surface area (Å²) in [5, 5.41) is 23.1. The minimum atomic E-state index is -4.12. The monoisotopic (exact) mass is 711 g/mol. The highest BCUT2D eigenvalue weighted by molar-refractivity contribution is 7.90. The van der Waals surface area contributed by atoms with Crippen LogP contribution in [0.1, 0.15) is 63.4 Å². The third kappa shape index (κ3) is 8.73. The average Bonchev–Trinajstić information content (AvgIpc) is 3.10. The number of hydrogen-bond donors (Lipinski definition) is 5. The van der Waals surface area contributed by atoms with Crippen molar-refractivity contribution in [2.75, 3.05) is 6.54 Å². The predicted molar refractivity (Wildman–Crippen MR) is 194 cm³/mol. The minimum Gasteiger partial charge on any atom is -0.480 e. The van der Waals surface area contributed by atoms with Crippen LogP contribution in [-0.4, -0.2) is 48.5 Å². The number of aliphatic carboxylic acids is 1. The summed E-state index contributed by atoms with van der Waals surface area (Å²) in [6, 6.07) is 22.5. The first-order chi connectivity index (χ1) is 24.4. The zero-order valence-corrected chi connectivity index (χ0v) is 29.3. The van der Waals surface area contributed by atoms with Crippen molar-refractivity contribution in [3.63, 3.8) is 0 Å². The van der Waals surface area contributed by atoms with Crippen LogP contribution in [0.15, 0.2) is 107 Å². The molecule has 5 N–H and O–H groups in total. The molecule has 0 aliphatic carbocycles. The summed E-state index contributed by atoms with van der Waals surface area (Å²) >= 11 is 0. The molecule has 0 fully saturated rings. The summed E-state index contributed by atoms with van der Waals surface area (Å²) < 4.78 is 35.8. The van der Waals surface area contributed by atoms with Crippen molar-refractivity contribution in [1.29, 1.82) is 5.41 Å². The third-order valence-corrected chi connectivity index (χ3v) is 10.3. The van der Waals surface area contributed by atoms with Crippen LogP contribution in [0.5, 0.6) is 5.75 Å². The van der Waals surface area contributed by atoms with Crippen LogP contribution in [-0.2, 0) is 27.8 Å². The lowest BCUT2D eigenvalue weighted by Gasteiger charge is -2.24. The molecule has 0 spiro atoms. The standard InChI is InChI=1S/C38H41N5O7S/c1-24-22-33(26(3)29-19-18-25(2)50-34(24)29)51(48,49)42-38(39)40-20-10-17-32(37(46)47)41-35(44)30-16-11-21-43(36(30)45)23-31(27-12-6-4-7-13-27)28-14-8-5-9-15-28/h4-9,11-16,21-22,31-32H,2,10,17-20,23H2,1,3H3,(H,41,44)(H,46,47)(H3,39,40,42)/t32-/m0/s1. The van der Waals surface area contributed by atoms with Gasteiger partial charge in [-0.2, -0.15) is 0 Å². The highest BCUT2D eigenvalue weighted by atomic mass is 32.2. The number of benzene rings is 3. The van der Waals surface area contributed by atoms with Crippen LogP contribution < -0.4 is 25.7 Å². The molecule has 0 saturated heterocycles. The Hall–Kier alpha value is -5.69. The number of hydrogen-bond acceptors (Lipinski definition) is 7. The first-order valence-corrected chi connectivity index (χ1v) is 18.0. The number of pyridine rings is 1. The van der Waals surface area contributed by atoms with Crippen LogP contribution in [0.4, 0.5) is 0 Å². The number of carboxylic acid groups (broad SMARTS) is 1. The van der Waals surface area contributed by atoms with E-state index in [-0.39, 0.29) is 42.3 Å². The lowest BCUT2D eigenvalue weighted by Crippen LogP contribution is -2.44. The van der Waals surface area contributed by atoms with Crippen LogP contribution in [0.25, 0.3) is 0 Å². The Morgan fingerprint density at radius 2 is 1.65 bits per heavy atom. The van der Waals surface area contributed by atoms with Crippen LogP contribution in [0.2, 0.25) is 0 Å². The number of ether oxygens (including phenoxy) is 1. The van der Waals surface area contributed by atoms with E-state index in [1.54, 1.807) is 26.1 Å². The van der Waals surface area contributed by atoms with Gasteiger partial charge in [0, 0.05) is 31.6 Å². The molecule has 1 aromatic heterocycles. The fourth-order valence-electron chi connectivity index (χ4n) is 6.17. The molecule has 5 rings (SSSR count). The van der Waals surface area contributed by atoms with Gasteiger partial charge in [-0.3, -0.25) is 15.0 Å². The summed E-state index contributed by atoms with van der Waals surface area (Å²) in [4.78, 5) is 38.8. The minimum absolute atomic E-state index is 0.0330. The number of fused-ring (bicyclic) bond motifs is 1. The summed E-state index contributed by atoms with van der Waals surface area (Å²) in [5.74, 6) is -1.56. The second-order valence-electron chi connectivity index (χ2n) is 12.4. The molecule has 51 heavy (non-hydrogen) atoms.